The van der Waals surface area contributed by atoms with Crippen LogP contribution in [-0.4, -0.2) is 0 Å². The van der Waals surface area contributed by atoms with Gasteiger partial charge in [-0.1, -0.05) is 29.8 Å². The molecular formula is C10H11ClFN. The topological polar surface area (TPSA) is 26.0 Å². The fraction of sp³-hybridized carbons (Fsp3) is 0.200. The van der Waals surface area contributed by atoms with E-state index in [2.05, 4.69) is 6.58 Å². The van der Waals surface area contributed by atoms with Crippen molar-refractivity contribution in [2.75, 3.05) is 0 Å². The minimum Gasteiger partial charge on any atom is -0.324 e. The van der Waals surface area contributed by atoms with Crippen LogP contribution in [0.15, 0.2) is 30.9 Å². The molecule has 3 heteroatoms. The minimum atomic E-state index is -0.432. The average molecular weight is 200 g/mol. The molecule has 0 saturated carbocycles. The first-order valence-corrected chi connectivity index (χ1v) is 4.35. The summed E-state index contributed by atoms with van der Waals surface area (Å²) in [6.07, 6.45) is 2.20. The molecule has 0 saturated heterocycles. The summed E-state index contributed by atoms with van der Waals surface area (Å²) in [6.45, 7) is 3.54. The van der Waals surface area contributed by atoms with Crippen LogP contribution in [0.5, 0.6) is 0 Å². The summed E-state index contributed by atoms with van der Waals surface area (Å²) in [5, 5.41) is 0.108. The molecule has 70 valence electrons. The molecule has 0 spiro atoms. The predicted octanol–water partition coefficient (Wildman–Crippen LogP) is 3.06. The van der Waals surface area contributed by atoms with Crippen molar-refractivity contribution in [3.05, 3.63) is 47.3 Å². The van der Waals surface area contributed by atoms with Gasteiger partial charge >= 0.3 is 0 Å². The molecule has 2 N–H and O–H groups in total. The lowest BCUT2D eigenvalue weighted by Crippen LogP contribution is -2.11. The Morgan fingerprint density at radius 2 is 2.31 bits per heavy atom. The van der Waals surface area contributed by atoms with E-state index in [9.17, 15) is 4.39 Å². The minimum absolute atomic E-state index is 0.108. The van der Waals surface area contributed by atoms with Crippen molar-refractivity contribution in [1.29, 1.82) is 0 Å². The number of hydrogen-bond acceptors (Lipinski definition) is 1. The van der Waals surface area contributed by atoms with Gasteiger partial charge < -0.3 is 5.73 Å². The van der Waals surface area contributed by atoms with E-state index in [1.165, 1.54) is 6.07 Å². The highest BCUT2D eigenvalue weighted by molar-refractivity contribution is 6.30. The quantitative estimate of drug-likeness (QED) is 0.744. The fourth-order valence-electron chi connectivity index (χ4n) is 1.11. The summed E-state index contributed by atoms with van der Waals surface area (Å²) < 4.78 is 13.3. The van der Waals surface area contributed by atoms with Gasteiger partial charge in [-0.15, -0.1) is 6.58 Å². The van der Waals surface area contributed by atoms with Crippen LogP contribution >= 0.6 is 11.6 Å². The van der Waals surface area contributed by atoms with Crippen molar-refractivity contribution in [2.45, 2.75) is 12.5 Å². The number of benzene rings is 1. The molecule has 0 heterocycles. The summed E-state index contributed by atoms with van der Waals surface area (Å²) >= 11 is 5.60. The molecule has 0 fully saturated rings. The summed E-state index contributed by atoms with van der Waals surface area (Å²) in [4.78, 5) is 0. The summed E-state index contributed by atoms with van der Waals surface area (Å²) in [5.74, 6) is -0.432. The SMILES string of the molecule is C=CC[C@H](N)c1cccc(Cl)c1F. The monoisotopic (exact) mass is 199 g/mol. The number of nitrogens with two attached hydrogens (primary N) is 1. The molecule has 0 aromatic heterocycles. The summed E-state index contributed by atoms with van der Waals surface area (Å²) in [7, 11) is 0. The normalized spacial score (nSPS) is 12.5. The first kappa shape index (κ1) is 10.2. The maximum absolute atomic E-state index is 13.3. The summed E-state index contributed by atoms with van der Waals surface area (Å²) in [6, 6.07) is 4.45. The van der Waals surface area contributed by atoms with E-state index in [4.69, 9.17) is 17.3 Å². The van der Waals surface area contributed by atoms with Gasteiger partial charge in [0.15, 0.2) is 0 Å². The molecule has 1 aromatic carbocycles. The number of halogens is 2. The molecule has 1 aromatic rings. The molecule has 13 heavy (non-hydrogen) atoms. The van der Waals surface area contributed by atoms with E-state index < -0.39 is 5.82 Å². The lowest BCUT2D eigenvalue weighted by molar-refractivity contribution is 0.584. The van der Waals surface area contributed by atoms with Crippen molar-refractivity contribution in [2.24, 2.45) is 5.73 Å². The average Bonchev–Trinajstić information content (AvgIpc) is 2.10. The molecule has 1 rings (SSSR count). The Hall–Kier alpha value is -0.860. The predicted molar refractivity (Wildman–Crippen MR) is 53.2 cm³/mol. The van der Waals surface area contributed by atoms with Crippen molar-refractivity contribution >= 4 is 11.6 Å². The van der Waals surface area contributed by atoms with Gasteiger partial charge in [0.05, 0.1) is 5.02 Å². The highest BCUT2D eigenvalue weighted by atomic mass is 35.5. The van der Waals surface area contributed by atoms with Crippen LogP contribution in [0, 0.1) is 5.82 Å². The molecule has 1 atom stereocenters. The second-order valence-electron chi connectivity index (χ2n) is 2.77. The van der Waals surface area contributed by atoms with Crippen molar-refractivity contribution in [3.8, 4) is 0 Å². The van der Waals surface area contributed by atoms with E-state index in [-0.39, 0.29) is 11.1 Å². The number of hydrogen-bond donors (Lipinski definition) is 1. The van der Waals surface area contributed by atoms with Crippen LogP contribution in [0.2, 0.25) is 5.02 Å². The van der Waals surface area contributed by atoms with Gasteiger partial charge in [-0.2, -0.15) is 0 Å². The maximum Gasteiger partial charge on any atom is 0.146 e. The zero-order chi connectivity index (χ0) is 9.84. The van der Waals surface area contributed by atoms with Gasteiger partial charge in [0.1, 0.15) is 5.82 Å². The van der Waals surface area contributed by atoms with Gasteiger partial charge in [0, 0.05) is 11.6 Å². The van der Waals surface area contributed by atoms with Crippen LogP contribution in [-0.2, 0) is 0 Å². The van der Waals surface area contributed by atoms with Crippen molar-refractivity contribution in [3.63, 3.8) is 0 Å². The first-order chi connectivity index (χ1) is 6.16. The smallest absolute Gasteiger partial charge is 0.146 e. The van der Waals surface area contributed by atoms with E-state index >= 15 is 0 Å². The van der Waals surface area contributed by atoms with Gasteiger partial charge in [-0.25, -0.2) is 4.39 Å². The highest BCUT2D eigenvalue weighted by Gasteiger charge is 2.11. The van der Waals surface area contributed by atoms with Crippen LogP contribution in [0.3, 0.4) is 0 Å². The van der Waals surface area contributed by atoms with Gasteiger partial charge in [-0.05, 0) is 12.5 Å². The molecule has 0 aliphatic carbocycles. The van der Waals surface area contributed by atoms with Crippen LogP contribution in [0.4, 0.5) is 4.39 Å². The third-order valence-electron chi connectivity index (χ3n) is 1.80. The van der Waals surface area contributed by atoms with Crippen LogP contribution < -0.4 is 5.73 Å². The van der Waals surface area contributed by atoms with E-state index in [1.54, 1.807) is 18.2 Å². The van der Waals surface area contributed by atoms with Crippen LogP contribution in [0.25, 0.3) is 0 Å². The Labute approximate surface area is 82.0 Å². The lowest BCUT2D eigenvalue weighted by atomic mass is 10.0. The molecule has 0 radical (unpaired) electrons. The fourth-order valence-corrected chi connectivity index (χ4v) is 1.30. The largest absolute Gasteiger partial charge is 0.324 e. The lowest BCUT2D eigenvalue weighted by Gasteiger charge is -2.10. The molecule has 0 bridgehead atoms. The van der Waals surface area contributed by atoms with Gasteiger partial charge in [-0.3, -0.25) is 0 Å². The third kappa shape index (κ3) is 2.29. The number of rotatable bonds is 3. The molecular weight excluding hydrogens is 189 g/mol. The van der Waals surface area contributed by atoms with Gasteiger partial charge in [0.25, 0.3) is 0 Å². The summed E-state index contributed by atoms with van der Waals surface area (Å²) in [5.41, 5.74) is 6.14. The zero-order valence-corrected chi connectivity index (χ0v) is 7.89. The third-order valence-corrected chi connectivity index (χ3v) is 2.09. The Morgan fingerprint density at radius 1 is 1.62 bits per heavy atom. The van der Waals surface area contributed by atoms with E-state index in [1.807, 2.05) is 0 Å². The Kier molecular flexibility index (Phi) is 3.46. The van der Waals surface area contributed by atoms with E-state index in [0.29, 0.717) is 12.0 Å². The standard InChI is InChI=1S/C10H11ClFN/c1-2-4-9(13)7-5-3-6-8(11)10(7)12/h2-3,5-6,9H,1,4,13H2/t9-/m0/s1. The zero-order valence-electron chi connectivity index (χ0n) is 7.13. The Balaban J connectivity index is 3.00. The molecule has 0 amide bonds. The van der Waals surface area contributed by atoms with E-state index in [0.717, 1.165) is 0 Å². The first-order valence-electron chi connectivity index (χ1n) is 3.97. The molecule has 0 aliphatic rings. The van der Waals surface area contributed by atoms with Gasteiger partial charge in [0.2, 0.25) is 0 Å². The molecule has 0 unspecified atom stereocenters. The second kappa shape index (κ2) is 4.40. The van der Waals surface area contributed by atoms with Crippen molar-refractivity contribution in [1.82, 2.24) is 0 Å². The maximum atomic E-state index is 13.3. The Bertz CT molecular complexity index is 312. The molecule has 1 nitrogen and oxygen atoms in total. The Morgan fingerprint density at radius 3 is 2.92 bits per heavy atom. The van der Waals surface area contributed by atoms with Crippen LogP contribution in [0.1, 0.15) is 18.0 Å². The molecule has 0 aliphatic heterocycles. The second-order valence-corrected chi connectivity index (χ2v) is 3.18. The highest BCUT2D eigenvalue weighted by Crippen LogP contribution is 2.23. The van der Waals surface area contributed by atoms with Crippen molar-refractivity contribution < 1.29 is 4.39 Å².